The molecule has 0 fully saturated rings. The Morgan fingerprint density at radius 2 is 2.05 bits per heavy atom. The van der Waals surface area contributed by atoms with Crippen LogP contribution in [-0.4, -0.2) is 6.54 Å². The largest absolute Gasteiger partial charge is 0.306 e. The lowest BCUT2D eigenvalue weighted by molar-refractivity contribution is 0.638. The summed E-state index contributed by atoms with van der Waals surface area (Å²) in [4.78, 5) is 2.55. The summed E-state index contributed by atoms with van der Waals surface area (Å²) in [6.07, 6.45) is 0. The molecular weight excluding hydrogens is 409 g/mol. The number of hydrogen-bond donors (Lipinski definition) is 1. The topological polar surface area (TPSA) is 12.0 Å². The Morgan fingerprint density at radius 3 is 2.63 bits per heavy atom. The van der Waals surface area contributed by atoms with Crippen molar-refractivity contribution < 1.29 is 0 Å². The summed E-state index contributed by atoms with van der Waals surface area (Å²) in [6, 6.07) is 8.24. The molecule has 1 N–H and O–H groups in total. The summed E-state index contributed by atoms with van der Waals surface area (Å²) in [7, 11) is 0. The molecule has 2 aromatic rings. The molecule has 19 heavy (non-hydrogen) atoms. The van der Waals surface area contributed by atoms with E-state index in [1.54, 1.807) is 11.3 Å². The van der Waals surface area contributed by atoms with Crippen molar-refractivity contribution >= 4 is 54.8 Å². The fraction of sp³-hybridized carbons (Fsp3) is 0.286. The Hall–Kier alpha value is 0.130. The van der Waals surface area contributed by atoms with E-state index in [2.05, 4.69) is 63.2 Å². The van der Waals surface area contributed by atoms with Crippen LogP contribution in [0.5, 0.6) is 0 Å². The molecule has 102 valence electrons. The summed E-state index contributed by atoms with van der Waals surface area (Å²) in [6.45, 7) is 5.11. The molecular formula is C14H14Br2ClNS. The zero-order valence-corrected chi connectivity index (χ0v) is 15.4. The van der Waals surface area contributed by atoms with Crippen molar-refractivity contribution in [1.29, 1.82) is 0 Å². The molecule has 0 aliphatic carbocycles. The van der Waals surface area contributed by atoms with Crippen molar-refractivity contribution in [2.45, 2.75) is 19.9 Å². The number of rotatable bonds is 4. The number of nitrogens with one attached hydrogen (secondary N) is 1. The molecule has 1 aromatic heterocycles. The second-order valence-corrected chi connectivity index (χ2v) is 7.69. The molecule has 0 saturated heterocycles. The lowest BCUT2D eigenvalue weighted by atomic mass is 10.1. The predicted molar refractivity (Wildman–Crippen MR) is 91.4 cm³/mol. The smallest absolute Gasteiger partial charge is 0.0697 e. The average Bonchev–Trinajstić information content (AvgIpc) is 2.69. The van der Waals surface area contributed by atoms with Crippen molar-refractivity contribution in [2.24, 2.45) is 0 Å². The van der Waals surface area contributed by atoms with Gasteiger partial charge in [0.15, 0.2) is 0 Å². The summed E-state index contributed by atoms with van der Waals surface area (Å²) in [5, 5.41) is 4.30. The molecule has 0 bridgehead atoms. The molecule has 0 spiro atoms. The Bertz CT molecular complexity index is 583. The van der Waals surface area contributed by atoms with Gasteiger partial charge in [0.25, 0.3) is 0 Å². The van der Waals surface area contributed by atoms with Crippen LogP contribution in [0.15, 0.2) is 33.2 Å². The van der Waals surface area contributed by atoms with Crippen molar-refractivity contribution in [2.75, 3.05) is 6.54 Å². The highest BCUT2D eigenvalue weighted by Crippen LogP contribution is 2.38. The van der Waals surface area contributed by atoms with Gasteiger partial charge in [-0.15, -0.1) is 11.3 Å². The second-order valence-electron chi connectivity index (χ2n) is 4.23. The van der Waals surface area contributed by atoms with Gasteiger partial charge in [-0.05, 0) is 59.2 Å². The first-order valence-corrected chi connectivity index (χ1v) is 8.75. The zero-order chi connectivity index (χ0) is 14.0. The van der Waals surface area contributed by atoms with Crippen LogP contribution in [-0.2, 0) is 0 Å². The first-order valence-electron chi connectivity index (χ1n) is 5.97. The molecule has 1 heterocycles. The predicted octanol–water partition coefficient (Wildman–Crippen LogP) is 5.93. The molecule has 0 aliphatic rings. The molecule has 1 atom stereocenters. The highest BCUT2D eigenvalue weighted by atomic mass is 79.9. The number of thiophene rings is 1. The van der Waals surface area contributed by atoms with Gasteiger partial charge in [-0.25, -0.2) is 0 Å². The van der Waals surface area contributed by atoms with Crippen LogP contribution in [0, 0.1) is 6.92 Å². The van der Waals surface area contributed by atoms with Gasteiger partial charge >= 0.3 is 0 Å². The van der Waals surface area contributed by atoms with Crippen molar-refractivity contribution in [3.05, 3.63) is 53.6 Å². The number of benzene rings is 1. The minimum atomic E-state index is 0.114. The van der Waals surface area contributed by atoms with E-state index in [1.807, 2.05) is 12.1 Å². The van der Waals surface area contributed by atoms with E-state index in [0.29, 0.717) is 0 Å². The third kappa shape index (κ3) is 3.61. The van der Waals surface area contributed by atoms with Crippen LogP contribution >= 0.6 is 54.8 Å². The molecule has 0 amide bonds. The summed E-state index contributed by atoms with van der Waals surface area (Å²) < 4.78 is 2.18. The van der Waals surface area contributed by atoms with E-state index >= 15 is 0 Å². The van der Waals surface area contributed by atoms with Gasteiger partial charge in [0, 0.05) is 23.7 Å². The maximum atomic E-state index is 6.36. The Balaban J connectivity index is 2.51. The molecule has 2 rings (SSSR count). The Kier molecular flexibility index (Phi) is 5.49. The number of hydrogen-bond acceptors (Lipinski definition) is 2. The van der Waals surface area contributed by atoms with Gasteiger partial charge in [-0.3, -0.25) is 0 Å². The lowest BCUT2D eigenvalue weighted by Crippen LogP contribution is -2.21. The SMILES string of the molecule is CCNC(c1cc(Br)ccc1Cl)c1sc(C)cc1Br. The Labute approximate surface area is 139 Å². The first kappa shape index (κ1) is 15.5. The summed E-state index contributed by atoms with van der Waals surface area (Å²) >= 11 is 15.3. The molecule has 5 heteroatoms. The Morgan fingerprint density at radius 1 is 1.32 bits per heavy atom. The van der Waals surface area contributed by atoms with Crippen LogP contribution in [0.3, 0.4) is 0 Å². The van der Waals surface area contributed by atoms with Crippen molar-refractivity contribution in [1.82, 2.24) is 5.32 Å². The number of aryl methyl sites for hydroxylation is 1. The van der Waals surface area contributed by atoms with Crippen LogP contribution in [0.4, 0.5) is 0 Å². The van der Waals surface area contributed by atoms with Gasteiger partial charge in [0.2, 0.25) is 0 Å². The minimum absolute atomic E-state index is 0.114. The van der Waals surface area contributed by atoms with Crippen LogP contribution in [0.2, 0.25) is 5.02 Å². The molecule has 1 unspecified atom stereocenters. The lowest BCUT2D eigenvalue weighted by Gasteiger charge is -2.19. The quantitative estimate of drug-likeness (QED) is 0.642. The fourth-order valence-corrected chi connectivity index (χ4v) is 4.56. The summed E-state index contributed by atoms with van der Waals surface area (Å²) in [5.41, 5.74) is 1.10. The van der Waals surface area contributed by atoms with Crippen LogP contribution < -0.4 is 5.32 Å². The molecule has 1 nitrogen and oxygen atoms in total. The fourth-order valence-electron chi connectivity index (χ4n) is 1.98. The maximum Gasteiger partial charge on any atom is 0.0697 e. The normalized spacial score (nSPS) is 12.7. The van der Waals surface area contributed by atoms with Crippen LogP contribution in [0.1, 0.15) is 28.3 Å². The van der Waals surface area contributed by atoms with E-state index in [4.69, 9.17) is 11.6 Å². The van der Waals surface area contributed by atoms with Gasteiger partial charge in [0.1, 0.15) is 0 Å². The zero-order valence-electron chi connectivity index (χ0n) is 10.6. The van der Waals surface area contributed by atoms with E-state index in [0.717, 1.165) is 26.1 Å². The van der Waals surface area contributed by atoms with Gasteiger partial charge in [0.05, 0.1) is 6.04 Å². The molecule has 0 aliphatic heterocycles. The second kappa shape index (κ2) is 6.72. The van der Waals surface area contributed by atoms with Gasteiger partial charge in [-0.2, -0.15) is 0 Å². The van der Waals surface area contributed by atoms with Crippen molar-refractivity contribution in [3.63, 3.8) is 0 Å². The standard InChI is InChI=1S/C14H14Br2ClNS/c1-3-18-13(14-11(16)6-8(2)19-14)10-7-9(15)4-5-12(10)17/h4-7,13,18H,3H2,1-2H3. The van der Waals surface area contributed by atoms with E-state index < -0.39 is 0 Å². The first-order chi connectivity index (χ1) is 9.02. The average molecular weight is 424 g/mol. The van der Waals surface area contributed by atoms with E-state index in [-0.39, 0.29) is 6.04 Å². The van der Waals surface area contributed by atoms with Crippen molar-refractivity contribution in [3.8, 4) is 0 Å². The third-order valence-corrected chi connectivity index (χ3v) is 5.65. The minimum Gasteiger partial charge on any atom is -0.306 e. The third-order valence-electron chi connectivity index (χ3n) is 2.78. The van der Waals surface area contributed by atoms with Gasteiger partial charge < -0.3 is 5.32 Å². The molecule has 0 saturated carbocycles. The van der Waals surface area contributed by atoms with Gasteiger partial charge in [-0.1, -0.05) is 34.5 Å². The van der Waals surface area contributed by atoms with E-state index in [1.165, 1.54) is 9.75 Å². The molecule has 0 radical (unpaired) electrons. The highest BCUT2D eigenvalue weighted by Gasteiger charge is 2.21. The molecule has 1 aromatic carbocycles. The maximum absolute atomic E-state index is 6.36. The highest BCUT2D eigenvalue weighted by molar-refractivity contribution is 9.10. The van der Waals surface area contributed by atoms with E-state index in [9.17, 15) is 0 Å². The monoisotopic (exact) mass is 421 g/mol. The summed E-state index contributed by atoms with van der Waals surface area (Å²) in [5.74, 6) is 0. The van der Waals surface area contributed by atoms with Crippen LogP contribution in [0.25, 0.3) is 0 Å². The number of halogens is 3.